The molecule has 45 heavy (non-hydrogen) atoms. The fraction of sp³-hybridized carbons (Fsp3) is 0.975. The van der Waals surface area contributed by atoms with Crippen molar-refractivity contribution in [3.8, 4) is 0 Å². The minimum atomic E-state index is -1.85. The summed E-state index contributed by atoms with van der Waals surface area (Å²) in [4.78, 5) is 10.5. The number of halogens is 2. The van der Waals surface area contributed by atoms with E-state index >= 15 is 0 Å². The van der Waals surface area contributed by atoms with Crippen LogP contribution in [0.25, 0.3) is 0 Å². The number of carboxylic acids is 1. The summed E-state index contributed by atoms with van der Waals surface area (Å²) >= 11 is 12.3. The average molecular weight is 692 g/mol. The first kappa shape index (κ1) is 45.3. The summed E-state index contributed by atoms with van der Waals surface area (Å²) in [5.41, 5.74) is 0. The zero-order valence-corrected chi connectivity index (χ0v) is 33.0. The van der Waals surface area contributed by atoms with Gasteiger partial charge in [-0.3, -0.25) is 4.79 Å². The Morgan fingerprint density at radius 1 is 0.356 bits per heavy atom. The standard InChI is InChI=1S/C40H80Cl2O2Si/c1-45(41,42)39-37-35-33-31-29-27-25-23-21-19-17-15-13-11-9-7-5-3-2-4-6-8-10-12-14-16-18-20-22-24-26-28-30-32-34-36-38-40(43)44/h2-39H2,1H3,(H,43,44). The predicted octanol–water partition coefficient (Wildman–Crippen LogP) is 16.1. The number of carbonyl (C=O) groups is 1. The Balaban J connectivity index is 3.06. The van der Waals surface area contributed by atoms with Crippen LogP contribution in [-0.4, -0.2) is 17.8 Å². The summed E-state index contributed by atoms with van der Waals surface area (Å²) in [5.74, 6) is -0.649. The molecule has 1 N–H and O–H groups in total. The fourth-order valence-corrected chi connectivity index (χ4v) is 8.39. The van der Waals surface area contributed by atoms with E-state index in [0.717, 1.165) is 18.9 Å². The molecule has 0 rings (SSSR count). The highest BCUT2D eigenvalue weighted by Crippen LogP contribution is 2.23. The quantitative estimate of drug-likeness (QED) is 0.0396. The van der Waals surface area contributed by atoms with Crippen molar-refractivity contribution in [1.29, 1.82) is 0 Å². The highest BCUT2D eigenvalue weighted by Gasteiger charge is 2.19. The minimum Gasteiger partial charge on any atom is -0.481 e. The second-order valence-electron chi connectivity index (χ2n) is 14.7. The number of carboxylic acid groups (broad SMARTS) is 1. The molecule has 0 unspecified atom stereocenters. The molecule has 0 aliphatic heterocycles. The highest BCUT2D eigenvalue weighted by molar-refractivity contribution is 7.44. The largest absolute Gasteiger partial charge is 0.481 e. The first-order chi connectivity index (χ1) is 21.9. The van der Waals surface area contributed by atoms with Gasteiger partial charge in [0.05, 0.1) is 0 Å². The summed E-state index contributed by atoms with van der Waals surface area (Å²) in [6, 6.07) is 1.06. The van der Waals surface area contributed by atoms with Crippen molar-refractivity contribution in [2.45, 2.75) is 250 Å². The van der Waals surface area contributed by atoms with Gasteiger partial charge in [-0.1, -0.05) is 225 Å². The topological polar surface area (TPSA) is 37.3 Å². The minimum absolute atomic E-state index is 0.344. The van der Waals surface area contributed by atoms with E-state index in [0.29, 0.717) is 6.42 Å². The van der Waals surface area contributed by atoms with E-state index in [4.69, 9.17) is 27.3 Å². The highest BCUT2D eigenvalue weighted by atomic mass is 35.7. The van der Waals surface area contributed by atoms with Crippen molar-refractivity contribution in [3.63, 3.8) is 0 Å². The van der Waals surface area contributed by atoms with Crippen molar-refractivity contribution in [1.82, 2.24) is 0 Å². The molecule has 0 atom stereocenters. The summed E-state index contributed by atoms with van der Waals surface area (Å²) < 4.78 is 0. The molecule has 0 amide bonds. The van der Waals surface area contributed by atoms with Crippen LogP contribution in [0.4, 0.5) is 0 Å². The maximum absolute atomic E-state index is 10.5. The van der Waals surface area contributed by atoms with Crippen LogP contribution in [0.5, 0.6) is 0 Å². The smallest absolute Gasteiger partial charge is 0.303 e. The molecule has 0 aromatic heterocycles. The van der Waals surface area contributed by atoms with Gasteiger partial charge in [-0.2, -0.15) is 0 Å². The molecule has 0 aromatic carbocycles. The monoisotopic (exact) mass is 691 g/mol. The molecule has 0 saturated carbocycles. The average Bonchev–Trinajstić information content (AvgIpc) is 2.99. The summed E-state index contributed by atoms with van der Waals surface area (Å²) in [6.07, 6.45) is 50.5. The second-order valence-corrected chi connectivity index (χ2v) is 22.9. The molecule has 0 spiro atoms. The lowest BCUT2D eigenvalue weighted by Gasteiger charge is -2.09. The zero-order chi connectivity index (χ0) is 32.9. The lowest BCUT2D eigenvalue weighted by Crippen LogP contribution is -2.11. The van der Waals surface area contributed by atoms with E-state index < -0.39 is 12.7 Å². The van der Waals surface area contributed by atoms with E-state index in [2.05, 4.69) is 0 Å². The third-order valence-corrected chi connectivity index (χ3v) is 12.1. The SMILES string of the molecule is C[Si](Cl)(Cl)CCCCCCCCCCCCCCCCCCCCCCCCCCCCCCCCCCCCCCC(=O)O. The lowest BCUT2D eigenvalue weighted by atomic mass is 10.0. The first-order valence-corrected chi connectivity index (χ1v) is 25.2. The van der Waals surface area contributed by atoms with Crippen LogP contribution in [0.3, 0.4) is 0 Å². The van der Waals surface area contributed by atoms with Gasteiger partial charge in [-0.05, 0) is 19.0 Å². The van der Waals surface area contributed by atoms with Crippen LogP contribution in [-0.2, 0) is 4.79 Å². The van der Waals surface area contributed by atoms with E-state index in [-0.39, 0.29) is 0 Å². The van der Waals surface area contributed by atoms with Crippen LogP contribution in [0.2, 0.25) is 12.6 Å². The molecular formula is C40H80Cl2O2Si. The Hall–Kier alpha value is 0.267. The van der Waals surface area contributed by atoms with Crippen LogP contribution in [0.15, 0.2) is 0 Å². The summed E-state index contributed by atoms with van der Waals surface area (Å²) in [7, 11) is 0. The van der Waals surface area contributed by atoms with Crippen LogP contribution < -0.4 is 0 Å². The maximum Gasteiger partial charge on any atom is 0.303 e. The van der Waals surface area contributed by atoms with Crippen molar-refractivity contribution in [2.75, 3.05) is 0 Å². The van der Waals surface area contributed by atoms with Crippen LogP contribution >= 0.6 is 22.2 Å². The molecule has 0 aliphatic carbocycles. The van der Waals surface area contributed by atoms with E-state index in [1.165, 1.54) is 218 Å². The van der Waals surface area contributed by atoms with Crippen molar-refractivity contribution >= 4 is 34.8 Å². The summed E-state index contributed by atoms with van der Waals surface area (Å²) in [5, 5.41) is 8.65. The Kier molecular flexibility index (Phi) is 37.3. The van der Waals surface area contributed by atoms with Gasteiger partial charge >= 0.3 is 5.97 Å². The number of hydrogen-bond donors (Lipinski definition) is 1. The van der Waals surface area contributed by atoms with Gasteiger partial charge < -0.3 is 5.11 Å². The molecule has 0 aliphatic rings. The number of unbranched alkanes of at least 4 members (excludes halogenated alkanes) is 35. The molecule has 2 nitrogen and oxygen atoms in total. The second kappa shape index (κ2) is 37.1. The van der Waals surface area contributed by atoms with Gasteiger partial charge in [0, 0.05) is 6.42 Å². The predicted molar refractivity (Wildman–Crippen MR) is 207 cm³/mol. The van der Waals surface area contributed by atoms with Gasteiger partial charge in [0.2, 0.25) is 6.69 Å². The van der Waals surface area contributed by atoms with Gasteiger partial charge in [-0.25, -0.2) is 0 Å². The van der Waals surface area contributed by atoms with Crippen LogP contribution in [0.1, 0.15) is 238 Å². The zero-order valence-electron chi connectivity index (χ0n) is 30.5. The molecule has 0 bridgehead atoms. The Labute approximate surface area is 293 Å². The number of rotatable bonds is 39. The first-order valence-electron chi connectivity index (χ1n) is 20.5. The Morgan fingerprint density at radius 2 is 0.511 bits per heavy atom. The molecular weight excluding hydrogens is 611 g/mol. The maximum atomic E-state index is 10.5. The van der Waals surface area contributed by atoms with Crippen molar-refractivity contribution in [2.24, 2.45) is 0 Å². The van der Waals surface area contributed by atoms with Gasteiger partial charge in [0.1, 0.15) is 0 Å². The van der Waals surface area contributed by atoms with Gasteiger partial charge in [0.15, 0.2) is 0 Å². The number of aliphatic carboxylic acids is 1. The van der Waals surface area contributed by atoms with Gasteiger partial charge in [0.25, 0.3) is 0 Å². The Morgan fingerprint density at radius 3 is 0.667 bits per heavy atom. The van der Waals surface area contributed by atoms with E-state index in [9.17, 15) is 4.79 Å². The van der Waals surface area contributed by atoms with Crippen molar-refractivity contribution in [3.05, 3.63) is 0 Å². The van der Waals surface area contributed by atoms with E-state index in [1.54, 1.807) is 0 Å². The molecule has 0 radical (unpaired) electrons. The van der Waals surface area contributed by atoms with Gasteiger partial charge in [-0.15, -0.1) is 22.2 Å². The molecule has 0 saturated heterocycles. The Bertz CT molecular complexity index is 581. The molecule has 0 aromatic rings. The third-order valence-electron chi connectivity index (χ3n) is 9.76. The molecule has 0 heterocycles. The van der Waals surface area contributed by atoms with Crippen molar-refractivity contribution < 1.29 is 9.90 Å². The van der Waals surface area contributed by atoms with E-state index in [1.807, 2.05) is 6.55 Å². The molecule has 5 heteroatoms. The normalized spacial score (nSPS) is 11.9. The fourth-order valence-electron chi connectivity index (χ4n) is 6.72. The number of hydrogen-bond acceptors (Lipinski definition) is 1. The lowest BCUT2D eigenvalue weighted by molar-refractivity contribution is -0.137. The van der Waals surface area contributed by atoms with Crippen LogP contribution in [0, 0.1) is 0 Å². The molecule has 0 fully saturated rings. The summed E-state index contributed by atoms with van der Waals surface area (Å²) in [6.45, 7) is 0.191. The third kappa shape index (κ3) is 44.3. The molecule has 270 valence electrons.